The number of carbonyl (C=O) groups is 2. The molecule has 5 nitrogen and oxygen atoms in total. The monoisotopic (exact) mass is 336 g/mol. The summed E-state index contributed by atoms with van der Waals surface area (Å²) in [6.45, 7) is 8.26. The standard InChI is InChI=1S/C19H32N2O3/c1-3-5-17(22)15-6-9-20(10-7-15)16-12-19(13-16)8-11-21(14-19)18(23)24-4-2/h15-16H,3-14H2,1-2H3. The first kappa shape index (κ1) is 17.7. The summed E-state index contributed by atoms with van der Waals surface area (Å²) < 4.78 is 5.13. The van der Waals surface area contributed by atoms with Crippen LogP contribution in [0.25, 0.3) is 0 Å². The van der Waals surface area contributed by atoms with Crippen molar-refractivity contribution in [1.82, 2.24) is 9.80 Å². The smallest absolute Gasteiger partial charge is 0.409 e. The topological polar surface area (TPSA) is 49.9 Å². The molecule has 24 heavy (non-hydrogen) atoms. The fourth-order valence-electron chi connectivity index (χ4n) is 4.87. The third kappa shape index (κ3) is 3.61. The van der Waals surface area contributed by atoms with E-state index in [1.54, 1.807) is 0 Å². The van der Waals surface area contributed by atoms with E-state index in [-0.39, 0.29) is 6.09 Å². The minimum atomic E-state index is -0.145. The maximum Gasteiger partial charge on any atom is 0.409 e. The molecule has 0 N–H and O–H groups in total. The summed E-state index contributed by atoms with van der Waals surface area (Å²) >= 11 is 0. The van der Waals surface area contributed by atoms with Crippen LogP contribution in [0.2, 0.25) is 0 Å². The van der Waals surface area contributed by atoms with Crippen molar-refractivity contribution >= 4 is 11.9 Å². The fraction of sp³-hybridized carbons (Fsp3) is 0.895. The number of rotatable bonds is 5. The third-order valence-corrected chi connectivity index (χ3v) is 6.30. The number of likely N-dealkylation sites (tertiary alicyclic amines) is 2. The zero-order chi connectivity index (χ0) is 17.2. The highest BCUT2D eigenvalue weighted by Gasteiger charge is 2.51. The van der Waals surface area contributed by atoms with Crippen LogP contribution in [-0.2, 0) is 9.53 Å². The molecule has 2 saturated heterocycles. The Morgan fingerprint density at radius 2 is 1.83 bits per heavy atom. The number of nitrogens with zero attached hydrogens (tertiary/aromatic N) is 2. The first-order chi connectivity index (χ1) is 11.6. The number of piperidine rings is 1. The van der Waals surface area contributed by atoms with Gasteiger partial charge in [0.1, 0.15) is 5.78 Å². The second-order valence-corrected chi connectivity index (χ2v) is 7.96. The van der Waals surface area contributed by atoms with Gasteiger partial charge >= 0.3 is 6.09 Å². The summed E-state index contributed by atoms with van der Waals surface area (Å²) in [5, 5.41) is 0. The first-order valence-corrected chi connectivity index (χ1v) is 9.75. The minimum absolute atomic E-state index is 0.145. The van der Waals surface area contributed by atoms with Crippen molar-refractivity contribution in [2.24, 2.45) is 11.3 Å². The second kappa shape index (κ2) is 7.42. The van der Waals surface area contributed by atoms with Crippen molar-refractivity contribution in [3.8, 4) is 0 Å². The molecule has 0 atom stereocenters. The van der Waals surface area contributed by atoms with E-state index in [2.05, 4.69) is 11.8 Å². The lowest BCUT2D eigenvalue weighted by molar-refractivity contribution is -0.125. The molecular formula is C19H32N2O3. The second-order valence-electron chi connectivity index (χ2n) is 7.96. The Morgan fingerprint density at radius 1 is 1.12 bits per heavy atom. The van der Waals surface area contributed by atoms with E-state index in [9.17, 15) is 9.59 Å². The van der Waals surface area contributed by atoms with Gasteiger partial charge in [0, 0.05) is 31.5 Å². The van der Waals surface area contributed by atoms with E-state index in [0.717, 1.165) is 58.3 Å². The van der Waals surface area contributed by atoms with E-state index in [1.165, 1.54) is 12.8 Å². The fourth-order valence-corrected chi connectivity index (χ4v) is 4.87. The van der Waals surface area contributed by atoms with Crippen LogP contribution < -0.4 is 0 Å². The molecule has 136 valence electrons. The van der Waals surface area contributed by atoms with Gasteiger partial charge < -0.3 is 14.5 Å². The van der Waals surface area contributed by atoms with Gasteiger partial charge in [0.15, 0.2) is 0 Å². The molecule has 2 aliphatic heterocycles. The Hall–Kier alpha value is -1.10. The summed E-state index contributed by atoms with van der Waals surface area (Å²) in [7, 11) is 0. The summed E-state index contributed by atoms with van der Waals surface area (Å²) in [5.41, 5.74) is 0.340. The van der Waals surface area contributed by atoms with E-state index in [0.29, 0.717) is 29.8 Å². The van der Waals surface area contributed by atoms with Crippen LogP contribution in [-0.4, -0.2) is 60.5 Å². The highest BCUT2D eigenvalue weighted by Crippen LogP contribution is 2.50. The van der Waals surface area contributed by atoms with Gasteiger partial charge in [-0.05, 0) is 64.0 Å². The van der Waals surface area contributed by atoms with Gasteiger partial charge in [-0.3, -0.25) is 4.79 Å². The van der Waals surface area contributed by atoms with E-state index < -0.39 is 0 Å². The molecular weight excluding hydrogens is 304 g/mol. The van der Waals surface area contributed by atoms with Crippen molar-refractivity contribution in [2.75, 3.05) is 32.8 Å². The number of hydrogen-bond donors (Lipinski definition) is 0. The number of ether oxygens (including phenoxy) is 1. The van der Waals surface area contributed by atoms with Crippen molar-refractivity contribution in [2.45, 2.75) is 64.8 Å². The lowest BCUT2D eigenvalue weighted by atomic mass is 9.64. The molecule has 0 unspecified atom stereocenters. The Kier molecular flexibility index (Phi) is 5.48. The van der Waals surface area contributed by atoms with Gasteiger partial charge in [0.25, 0.3) is 0 Å². The SMILES string of the molecule is CCCC(=O)C1CCN(C2CC3(CCN(C(=O)OCC)C3)C2)CC1. The van der Waals surface area contributed by atoms with Crippen molar-refractivity contribution < 1.29 is 14.3 Å². The van der Waals surface area contributed by atoms with Gasteiger partial charge in [-0.15, -0.1) is 0 Å². The van der Waals surface area contributed by atoms with Crippen LogP contribution in [0.3, 0.4) is 0 Å². The Bertz CT molecular complexity index is 465. The molecule has 0 aromatic carbocycles. The molecule has 3 fully saturated rings. The maximum absolute atomic E-state index is 12.0. The molecule has 1 aliphatic carbocycles. The van der Waals surface area contributed by atoms with Gasteiger partial charge in [-0.2, -0.15) is 0 Å². The van der Waals surface area contributed by atoms with Gasteiger partial charge in [-0.25, -0.2) is 4.79 Å². The van der Waals surface area contributed by atoms with Crippen LogP contribution >= 0.6 is 0 Å². The molecule has 5 heteroatoms. The van der Waals surface area contributed by atoms with Crippen LogP contribution in [0, 0.1) is 11.3 Å². The molecule has 1 saturated carbocycles. The highest BCUT2D eigenvalue weighted by atomic mass is 16.6. The Morgan fingerprint density at radius 3 is 2.46 bits per heavy atom. The predicted octanol–water partition coefficient (Wildman–Crippen LogP) is 3.08. The van der Waals surface area contributed by atoms with Crippen molar-refractivity contribution in [3.63, 3.8) is 0 Å². The number of hydrogen-bond acceptors (Lipinski definition) is 4. The average molecular weight is 336 g/mol. The highest BCUT2D eigenvalue weighted by molar-refractivity contribution is 5.81. The molecule has 0 aromatic rings. The van der Waals surface area contributed by atoms with Crippen molar-refractivity contribution in [1.29, 1.82) is 0 Å². The molecule has 1 amide bonds. The minimum Gasteiger partial charge on any atom is -0.450 e. The number of Topliss-reactive ketones (excluding diaryl/α,β-unsaturated/α-hetero) is 1. The summed E-state index contributed by atoms with van der Waals surface area (Å²) in [5.74, 6) is 0.782. The van der Waals surface area contributed by atoms with E-state index >= 15 is 0 Å². The van der Waals surface area contributed by atoms with E-state index in [1.807, 2.05) is 11.8 Å². The van der Waals surface area contributed by atoms with Gasteiger partial charge in [-0.1, -0.05) is 6.92 Å². The summed E-state index contributed by atoms with van der Waals surface area (Å²) in [6.07, 6.45) is 7.19. The largest absolute Gasteiger partial charge is 0.450 e. The van der Waals surface area contributed by atoms with Crippen LogP contribution in [0.4, 0.5) is 4.79 Å². The number of amides is 1. The molecule has 1 spiro atoms. The summed E-state index contributed by atoms with van der Waals surface area (Å²) in [6, 6.07) is 0.661. The first-order valence-electron chi connectivity index (χ1n) is 9.75. The van der Waals surface area contributed by atoms with Crippen LogP contribution in [0.1, 0.15) is 58.8 Å². The molecule has 0 aromatic heterocycles. The normalized spacial score (nSPS) is 31.2. The number of ketones is 1. The van der Waals surface area contributed by atoms with Gasteiger partial charge in [0.05, 0.1) is 6.61 Å². The van der Waals surface area contributed by atoms with Gasteiger partial charge in [0.2, 0.25) is 0 Å². The lowest BCUT2D eigenvalue weighted by Crippen LogP contribution is -2.54. The van der Waals surface area contributed by atoms with Crippen molar-refractivity contribution in [3.05, 3.63) is 0 Å². The zero-order valence-corrected chi connectivity index (χ0v) is 15.3. The van der Waals surface area contributed by atoms with Crippen LogP contribution in [0.5, 0.6) is 0 Å². The Balaban J connectivity index is 1.42. The predicted molar refractivity (Wildman–Crippen MR) is 92.9 cm³/mol. The Labute approximate surface area is 145 Å². The number of carbonyl (C=O) groups excluding carboxylic acids is 2. The summed E-state index contributed by atoms with van der Waals surface area (Å²) in [4.78, 5) is 28.4. The molecule has 3 aliphatic rings. The quantitative estimate of drug-likeness (QED) is 0.774. The average Bonchev–Trinajstić information content (AvgIpc) is 3.00. The zero-order valence-electron chi connectivity index (χ0n) is 15.3. The molecule has 2 heterocycles. The molecule has 3 rings (SSSR count). The molecule has 0 radical (unpaired) electrons. The maximum atomic E-state index is 12.0. The lowest BCUT2D eigenvalue weighted by Gasteiger charge is -2.51. The molecule has 0 bridgehead atoms. The van der Waals surface area contributed by atoms with E-state index in [4.69, 9.17) is 4.74 Å². The van der Waals surface area contributed by atoms with Crippen LogP contribution in [0.15, 0.2) is 0 Å². The third-order valence-electron chi connectivity index (χ3n) is 6.30.